The Kier molecular flexibility index (Phi) is 2.55. The van der Waals surface area contributed by atoms with Gasteiger partial charge < -0.3 is 4.80 Å². The van der Waals surface area contributed by atoms with E-state index in [2.05, 4.69) is 6.58 Å². The highest BCUT2D eigenvalue weighted by atomic mass is 28.2. The molecule has 38 valence electrons. The fraction of sp³-hybridized carbons (Fsp3) is 0.250. The third-order valence-corrected chi connectivity index (χ3v) is 1.12. The molecule has 0 heterocycles. The molecule has 0 saturated carbocycles. The lowest BCUT2D eigenvalue weighted by molar-refractivity contribution is -0.109. The summed E-state index contributed by atoms with van der Waals surface area (Å²) in [6.07, 6.45) is 0. The first kappa shape index (κ1) is 6.59. The predicted molar refractivity (Wildman–Crippen MR) is 27.8 cm³/mol. The summed E-state index contributed by atoms with van der Waals surface area (Å²) in [5.41, 5.74) is 0.417. The molecule has 0 aliphatic heterocycles. The fourth-order valence-electron chi connectivity index (χ4n) is 0.0954. The normalized spacial score (nSPS) is 8.29. The van der Waals surface area contributed by atoms with Crippen molar-refractivity contribution in [3.05, 3.63) is 12.2 Å². The molecule has 0 aliphatic carbocycles. The third-order valence-electron chi connectivity index (χ3n) is 0.489. The maximum absolute atomic E-state index is 10.2. The van der Waals surface area contributed by atoms with Crippen molar-refractivity contribution in [3.63, 3.8) is 0 Å². The highest BCUT2D eigenvalue weighted by molar-refractivity contribution is 6.71. The van der Waals surface area contributed by atoms with Gasteiger partial charge in [-0.25, -0.2) is 0 Å². The summed E-state index contributed by atoms with van der Waals surface area (Å²) in [5, 5.41) is -0.264. The van der Waals surface area contributed by atoms with Crippen molar-refractivity contribution in [3.8, 4) is 0 Å². The van der Waals surface area contributed by atoms with Crippen LogP contribution in [0.3, 0.4) is 0 Å². The molecule has 2 nitrogen and oxygen atoms in total. The van der Waals surface area contributed by atoms with Gasteiger partial charge in [0, 0.05) is 0 Å². The lowest BCUT2D eigenvalue weighted by atomic mass is 10.4. The molecule has 0 aromatic rings. The molecule has 0 rings (SSSR count). The van der Waals surface area contributed by atoms with Crippen molar-refractivity contribution in [2.24, 2.45) is 0 Å². The summed E-state index contributed by atoms with van der Waals surface area (Å²) < 4.78 is 0. The van der Waals surface area contributed by atoms with Gasteiger partial charge in [0.25, 0.3) is 0 Å². The van der Waals surface area contributed by atoms with Crippen LogP contribution in [0.1, 0.15) is 6.92 Å². The number of carbonyl (C=O) groups is 1. The van der Waals surface area contributed by atoms with Crippen LogP contribution in [0, 0.1) is 0 Å². The Labute approximate surface area is 44.8 Å². The zero-order valence-corrected chi connectivity index (χ0v) is 5.06. The van der Waals surface area contributed by atoms with Gasteiger partial charge in [0.15, 0.2) is 5.41 Å². The first-order valence-electron chi connectivity index (χ1n) is 1.78. The zero-order chi connectivity index (χ0) is 5.86. The fourth-order valence-corrected chi connectivity index (χ4v) is 0.286. The van der Waals surface area contributed by atoms with E-state index >= 15 is 0 Å². The van der Waals surface area contributed by atoms with Crippen molar-refractivity contribution in [1.29, 1.82) is 0 Å². The first-order chi connectivity index (χ1) is 3.18. The largest absolute Gasteiger partial charge is 0.425 e. The van der Waals surface area contributed by atoms with Gasteiger partial charge in [-0.1, -0.05) is 6.58 Å². The van der Waals surface area contributed by atoms with E-state index in [9.17, 15) is 4.79 Å². The molecule has 0 aromatic carbocycles. The highest BCUT2D eigenvalue weighted by Gasteiger charge is 1.98. The van der Waals surface area contributed by atoms with E-state index in [1.807, 2.05) is 0 Å². The molecule has 0 unspecified atom stereocenters. The second-order valence-electron chi connectivity index (χ2n) is 1.22. The maximum atomic E-state index is 10.2. The SMILES string of the molecule is C=C(C)C(=O)[Si]O. The molecule has 0 bridgehead atoms. The molecule has 3 heteroatoms. The standard InChI is InChI=1S/C4H6O2Si/c1-3(2)4(5)7-6/h6H,1H2,2H3. The van der Waals surface area contributed by atoms with E-state index in [1.165, 1.54) is 0 Å². The van der Waals surface area contributed by atoms with Crippen molar-refractivity contribution in [2.75, 3.05) is 0 Å². The van der Waals surface area contributed by atoms with Gasteiger partial charge in [0.1, 0.15) is 0 Å². The molecule has 0 atom stereocenters. The second kappa shape index (κ2) is 2.71. The van der Waals surface area contributed by atoms with Gasteiger partial charge in [0.2, 0.25) is 0 Å². The Balaban J connectivity index is 3.58. The Morgan fingerprint density at radius 3 is 2.29 bits per heavy atom. The van der Waals surface area contributed by atoms with Crippen molar-refractivity contribution in [1.82, 2.24) is 0 Å². The van der Waals surface area contributed by atoms with E-state index in [1.54, 1.807) is 6.92 Å². The summed E-state index contributed by atoms with van der Waals surface area (Å²) in [6.45, 7) is 4.90. The van der Waals surface area contributed by atoms with Crippen LogP contribution in [0.5, 0.6) is 0 Å². The van der Waals surface area contributed by atoms with Gasteiger partial charge in [-0.2, -0.15) is 0 Å². The smallest absolute Gasteiger partial charge is 0.319 e. The summed E-state index contributed by atoms with van der Waals surface area (Å²) in [6, 6.07) is 0. The van der Waals surface area contributed by atoms with Crippen LogP contribution < -0.4 is 0 Å². The van der Waals surface area contributed by atoms with Gasteiger partial charge in [-0.15, -0.1) is 0 Å². The zero-order valence-electron chi connectivity index (χ0n) is 4.06. The molecule has 0 saturated heterocycles. The van der Waals surface area contributed by atoms with Crippen molar-refractivity contribution in [2.45, 2.75) is 6.92 Å². The van der Waals surface area contributed by atoms with Crippen LogP contribution in [0.4, 0.5) is 0 Å². The molecule has 1 N–H and O–H groups in total. The molecular formula is C4H6O2Si. The minimum absolute atomic E-state index is 0.264. The molecule has 2 radical (unpaired) electrons. The number of hydrogen-bond donors (Lipinski definition) is 1. The monoisotopic (exact) mass is 114 g/mol. The molecule has 0 amide bonds. The van der Waals surface area contributed by atoms with Gasteiger partial charge in [-0.05, 0) is 12.5 Å². The number of carbonyl (C=O) groups excluding carboxylic acids is 1. The van der Waals surface area contributed by atoms with Gasteiger partial charge in [-0.3, -0.25) is 4.79 Å². The van der Waals surface area contributed by atoms with Crippen LogP contribution in [-0.4, -0.2) is 20.0 Å². The summed E-state index contributed by atoms with van der Waals surface area (Å²) >= 11 is 0. The van der Waals surface area contributed by atoms with Crippen LogP contribution in [0.2, 0.25) is 0 Å². The molecule has 0 fully saturated rings. The Morgan fingerprint density at radius 1 is 1.86 bits per heavy atom. The van der Waals surface area contributed by atoms with E-state index < -0.39 is 9.76 Å². The van der Waals surface area contributed by atoms with Crippen LogP contribution >= 0.6 is 0 Å². The van der Waals surface area contributed by atoms with E-state index in [4.69, 9.17) is 4.80 Å². The third kappa shape index (κ3) is 2.30. The average molecular weight is 114 g/mol. The van der Waals surface area contributed by atoms with Crippen molar-refractivity contribution >= 4 is 15.2 Å². The molecule has 0 aromatic heterocycles. The minimum atomic E-state index is -0.627. The van der Waals surface area contributed by atoms with Gasteiger partial charge in [0.05, 0.1) is 0 Å². The Morgan fingerprint density at radius 2 is 2.29 bits per heavy atom. The maximum Gasteiger partial charge on any atom is 0.319 e. The van der Waals surface area contributed by atoms with Crippen LogP contribution in [0.25, 0.3) is 0 Å². The highest BCUT2D eigenvalue weighted by Crippen LogP contribution is 1.83. The number of hydrogen-bond acceptors (Lipinski definition) is 2. The molecular weight excluding hydrogens is 108 g/mol. The predicted octanol–water partition coefficient (Wildman–Crippen LogP) is -0.299. The summed E-state index contributed by atoms with van der Waals surface area (Å²) in [4.78, 5) is 18.3. The lowest BCUT2D eigenvalue weighted by Crippen LogP contribution is -2.07. The van der Waals surface area contributed by atoms with E-state index in [0.717, 1.165) is 0 Å². The van der Waals surface area contributed by atoms with Gasteiger partial charge >= 0.3 is 9.76 Å². The van der Waals surface area contributed by atoms with E-state index in [0.29, 0.717) is 5.57 Å². The first-order valence-corrected chi connectivity index (χ1v) is 2.73. The minimum Gasteiger partial charge on any atom is -0.425 e. The lowest BCUT2D eigenvalue weighted by Gasteiger charge is -1.85. The topological polar surface area (TPSA) is 37.3 Å². The number of allylic oxidation sites excluding steroid dienone is 1. The van der Waals surface area contributed by atoms with E-state index in [-0.39, 0.29) is 5.41 Å². The Bertz CT molecular complexity index is 97.9. The molecule has 0 aliphatic rings. The summed E-state index contributed by atoms with van der Waals surface area (Å²) in [7, 11) is -0.627. The summed E-state index contributed by atoms with van der Waals surface area (Å²) in [5.74, 6) is 0. The van der Waals surface area contributed by atoms with Crippen molar-refractivity contribution < 1.29 is 9.59 Å². The average Bonchev–Trinajstić information content (AvgIpc) is 1.65. The molecule has 0 spiro atoms. The second-order valence-corrected chi connectivity index (χ2v) is 1.90. The van der Waals surface area contributed by atoms with Crippen LogP contribution in [-0.2, 0) is 4.79 Å². The van der Waals surface area contributed by atoms with Crippen LogP contribution in [0.15, 0.2) is 12.2 Å². The number of rotatable bonds is 2. The Hall–Kier alpha value is -0.413. The quantitative estimate of drug-likeness (QED) is 0.395. The molecule has 7 heavy (non-hydrogen) atoms.